The van der Waals surface area contributed by atoms with Crippen molar-refractivity contribution in [2.75, 3.05) is 0 Å². The SMILES string of the molecule is C[C@@H]1C2OC(=O)C3C2O[C@H]1[C@H]3C. The van der Waals surface area contributed by atoms with Crippen LogP contribution in [0.15, 0.2) is 0 Å². The Bertz CT molecular complexity index is 250. The number of carbonyl (C=O) groups excluding carboxylic acids is 1. The minimum absolute atomic E-state index is 0.0376. The second-order valence-electron chi connectivity index (χ2n) is 4.21. The van der Waals surface area contributed by atoms with Gasteiger partial charge in [-0.3, -0.25) is 4.79 Å². The van der Waals surface area contributed by atoms with Crippen LogP contribution in [-0.2, 0) is 14.3 Å². The lowest BCUT2D eigenvalue weighted by Gasteiger charge is -2.22. The van der Waals surface area contributed by atoms with Crippen LogP contribution in [-0.4, -0.2) is 24.3 Å². The first kappa shape index (κ1) is 6.89. The van der Waals surface area contributed by atoms with Gasteiger partial charge in [0.2, 0.25) is 0 Å². The summed E-state index contributed by atoms with van der Waals surface area (Å²) in [5.41, 5.74) is 0. The van der Waals surface area contributed by atoms with Gasteiger partial charge in [-0.2, -0.15) is 0 Å². The van der Waals surface area contributed by atoms with Gasteiger partial charge in [0, 0.05) is 5.92 Å². The maximum absolute atomic E-state index is 11.3. The van der Waals surface area contributed by atoms with Crippen LogP contribution < -0.4 is 0 Å². The molecule has 3 fully saturated rings. The van der Waals surface area contributed by atoms with Crippen LogP contribution in [0.3, 0.4) is 0 Å². The van der Waals surface area contributed by atoms with Crippen LogP contribution >= 0.6 is 0 Å². The van der Waals surface area contributed by atoms with E-state index in [9.17, 15) is 4.79 Å². The highest BCUT2D eigenvalue weighted by Gasteiger charge is 2.65. The summed E-state index contributed by atoms with van der Waals surface area (Å²) in [5, 5.41) is 0. The molecule has 3 aliphatic rings. The zero-order valence-electron chi connectivity index (χ0n) is 7.19. The van der Waals surface area contributed by atoms with Crippen molar-refractivity contribution in [1.82, 2.24) is 0 Å². The molecule has 3 unspecified atom stereocenters. The maximum Gasteiger partial charge on any atom is 0.312 e. The number of hydrogen-bond acceptors (Lipinski definition) is 3. The summed E-state index contributed by atoms with van der Waals surface area (Å²) in [6.45, 7) is 4.20. The molecular weight excluding hydrogens is 156 g/mol. The lowest BCUT2D eigenvalue weighted by atomic mass is 9.76. The van der Waals surface area contributed by atoms with E-state index in [0.717, 1.165) is 0 Å². The Morgan fingerprint density at radius 2 is 1.83 bits per heavy atom. The second kappa shape index (κ2) is 1.84. The van der Waals surface area contributed by atoms with E-state index in [-0.39, 0.29) is 30.2 Å². The summed E-state index contributed by atoms with van der Waals surface area (Å²) in [5.74, 6) is 0.754. The van der Waals surface area contributed by atoms with Crippen molar-refractivity contribution in [3.63, 3.8) is 0 Å². The minimum Gasteiger partial charge on any atom is -0.459 e. The third kappa shape index (κ3) is 0.534. The molecule has 3 heterocycles. The summed E-state index contributed by atoms with van der Waals surface area (Å²) in [6, 6.07) is 0. The third-order valence-corrected chi connectivity index (χ3v) is 3.64. The highest BCUT2D eigenvalue weighted by molar-refractivity contribution is 5.77. The Balaban J connectivity index is 2.06. The molecule has 6 atom stereocenters. The number of fused-ring (bicyclic) bond motifs is 1. The van der Waals surface area contributed by atoms with E-state index in [1.807, 2.05) is 0 Å². The van der Waals surface area contributed by atoms with Crippen molar-refractivity contribution < 1.29 is 14.3 Å². The standard InChI is InChI=1S/C9H12O3/c1-3-5-8-7(12-9(5)10)4(2)6(3)11-8/h3-8H,1-2H3/t3-,4-,5?,6-,7?,8?/m0/s1. The molecule has 12 heavy (non-hydrogen) atoms. The predicted molar refractivity (Wildman–Crippen MR) is 40.4 cm³/mol. The van der Waals surface area contributed by atoms with Crippen LogP contribution in [0.5, 0.6) is 0 Å². The summed E-state index contributed by atoms with van der Waals surface area (Å²) < 4.78 is 11.0. The molecule has 2 bridgehead atoms. The van der Waals surface area contributed by atoms with E-state index in [0.29, 0.717) is 11.8 Å². The Labute approximate surface area is 71.0 Å². The van der Waals surface area contributed by atoms with E-state index in [1.54, 1.807) is 0 Å². The van der Waals surface area contributed by atoms with Gasteiger partial charge >= 0.3 is 5.97 Å². The van der Waals surface area contributed by atoms with Gasteiger partial charge < -0.3 is 9.47 Å². The number of hydrogen-bond donors (Lipinski definition) is 0. The molecule has 0 saturated carbocycles. The monoisotopic (exact) mass is 168 g/mol. The van der Waals surface area contributed by atoms with Crippen LogP contribution in [0, 0.1) is 17.8 Å². The molecule has 3 heteroatoms. The topological polar surface area (TPSA) is 35.5 Å². The van der Waals surface area contributed by atoms with Gasteiger partial charge in [-0.1, -0.05) is 13.8 Å². The highest BCUT2D eigenvalue weighted by atomic mass is 16.6. The van der Waals surface area contributed by atoms with Crippen molar-refractivity contribution in [3.8, 4) is 0 Å². The average molecular weight is 168 g/mol. The molecule has 0 amide bonds. The fraction of sp³-hybridized carbons (Fsp3) is 0.889. The van der Waals surface area contributed by atoms with Gasteiger partial charge in [0.1, 0.15) is 12.2 Å². The smallest absolute Gasteiger partial charge is 0.312 e. The molecule has 3 aliphatic heterocycles. The summed E-state index contributed by atoms with van der Waals surface area (Å²) in [4.78, 5) is 11.3. The third-order valence-electron chi connectivity index (χ3n) is 3.64. The van der Waals surface area contributed by atoms with Gasteiger partial charge in [0.05, 0.1) is 12.0 Å². The molecule has 3 saturated heterocycles. The summed E-state index contributed by atoms with van der Waals surface area (Å²) >= 11 is 0. The zero-order valence-corrected chi connectivity index (χ0v) is 7.19. The van der Waals surface area contributed by atoms with Gasteiger partial charge in [-0.05, 0) is 5.92 Å². The second-order valence-corrected chi connectivity index (χ2v) is 4.21. The van der Waals surface area contributed by atoms with Gasteiger partial charge in [0.15, 0.2) is 0 Å². The maximum atomic E-state index is 11.3. The number of esters is 1. The Morgan fingerprint density at radius 1 is 1.08 bits per heavy atom. The number of carbonyl (C=O) groups is 1. The van der Waals surface area contributed by atoms with Crippen LogP contribution in [0.4, 0.5) is 0 Å². The van der Waals surface area contributed by atoms with Gasteiger partial charge in [-0.15, -0.1) is 0 Å². The minimum atomic E-state index is -0.0376. The average Bonchev–Trinajstić information content (AvgIpc) is 2.56. The summed E-state index contributed by atoms with van der Waals surface area (Å²) in [6.07, 6.45) is 0.396. The molecule has 0 radical (unpaired) electrons. The zero-order chi connectivity index (χ0) is 8.46. The normalized spacial score (nSPS) is 61.0. The van der Waals surface area contributed by atoms with Gasteiger partial charge in [-0.25, -0.2) is 0 Å². The summed E-state index contributed by atoms with van der Waals surface area (Å²) in [7, 11) is 0. The molecule has 0 spiro atoms. The fourth-order valence-electron chi connectivity index (χ4n) is 3.00. The van der Waals surface area contributed by atoms with Crippen LogP contribution in [0.25, 0.3) is 0 Å². The number of rotatable bonds is 0. The largest absolute Gasteiger partial charge is 0.459 e. The first-order valence-corrected chi connectivity index (χ1v) is 4.56. The first-order chi connectivity index (χ1) is 5.70. The molecule has 0 N–H and O–H groups in total. The molecule has 0 aromatic heterocycles. The lowest BCUT2D eigenvalue weighted by Crippen LogP contribution is -2.35. The van der Waals surface area contributed by atoms with Gasteiger partial charge in [0.25, 0.3) is 0 Å². The lowest BCUT2D eigenvalue weighted by molar-refractivity contribution is -0.144. The van der Waals surface area contributed by atoms with E-state index in [4.69, 9.17) is 9.47 Å². The van der Waals surface area contributed by atoms with E-state index >= 15 is 0 Å². The molecule has 3 rings (SSSR count). The molecule has 66 valence electrons. The van der Waals surface area contributed by atoms with Crippen LogP contribution in [0.1, 0.15) is 13.8 Å². The molecular formula is C9H12O3. The molecule has 3 nitrogen and oxygen atoms in total. The van der Waals surface area contributed by atoms with Crippen molar-refractivity contribution in [2.45, 2.75) is 32.2 Å². The number of ether oxygens (including phenoxy) is 2. The van der Waals surface area contributed by atoms with Crippen molar-refractivity contribution in [3.05, 3.63) is 0 Å². The fourth-order valence-corrected chi connectivity index (χ4v) is 3.00. The Morgan fingerprint density at radius 3 is 2.50 bits per heavy atom. The predicted octanol–water partition coefficient (Wildman–Crippen LogP) is 0.581. The van der Waals surface area contributed by atoms with Crippen molar-refractivity contribution >= 4 is 5.97 Å². The van der Waals surface area contributed by atoms with Crippen molar-refractivity contribution in [2.24, 2.45) is 17.8 Å². The van der Waals surface area contributed by atoms with E-state index in [2.05, 4.69) is 13.8 Å². The quantitative estimate of drug-likeness (QED) is 0.496. The molecule has 0 aliphatic carbocycles. The van der Waals surface area contributed by atoms with Crippen LogP contribution in [0.2, 0.25) is 0 Å². The van der Waals surface area contributed by atoms with E-state index in [1.165, 1.54) is 0 Å². The Hall–Kier alpha value is -0.570. The Kier molecular flexibility index (Phi) is 1.06. The van der Waals surface area contributed by atoms with E-state index < -0.39 is 0 Å². The highest BCUT2D eigenvalue weighted by Crippen LogP contribution is 2.52. The van der Waals surface area contributed by atoms with Crippen molar-refractivity contribution in [1.29, 1.82) is 0 Å². The molecule has 0 aromatic rings. The molecule has 0 aromatic carbocycles. The first-order valence-electron chi connectivity index (χ1n) is 4.56.